The number of halogens is 2. The van der Waals surface area contributed by atoms with Crippen LogP contribution in [0.1, 0.15) is 29.9 Å². The molecule has 10 heteroatoms. The molecular formula is C33H36Cl2N4O4. The van der Waals surface area contributed by atoms with Crippen LogP contribution in [0.2, 0.25) is 10.0 Å². The number of fused-ring (bicyclic) bond motifs is 5. The van der Waals surface area contributed by atoms with Crippen LogP contribution in [-0.4, -0.2) is 70.3 Å². The molecule has 0 radical (unpaired) electrons. The number of hydrogen-bond acceptors (Lipinski definition) is 4. The van der Waals surface area contributed by atoms with Gasteiger partial charge < -0.3 is 29.5 Å². The monoisotopic (exact) mass is 622 g/mol. The summed E-state index contributed by atoms with van der Waals surface area (Å²) < 4.78 is 8.53. The number of rotatable bonds is 5. The Bertz CT molecular complexity index is 1660. The van der Waals surface area contributed by atoms with Crippen LogP contribution < -0.4 is 5.32 Å². The quantitative estimate of drug-likeness (QED) is 0.260. The van der Waals surface area contributed by atoms with E-state index >= 15 is 0 Å². The number of aliphatic hydroxyl groups is 1. The normalized spacial score (nSPS) is 18.0. The molecule has 0 aliphatic carbocycles. The molecule has 3 atom stereocenters. The van der Waals surface area contributed by atoms with Crippen molar-refractivity contribution >= 4 is 51.7 Å². The van der Waals surface area contributed by atoms with Crippen LogP contribution in [0.5, 0.6) is 0 Å². The number of nitrogens with zero attached hydrogens (tertiary/aromatic N) is 3. The largest absolute Gasteiger partial charge is 0.394 e. The summed E-state index contributed by atoms with van der Waals surface area (Å²) in [7, 11) is 3.59. The number of aliphatic hydroxyl groups excluding tert-OH is 1. The van der Waals surface area contributed by atoms with Gasteiger partial charge in [0, 0.05) is 49.6 Å². The van der Waals surface area contributed by atoms with Crippen molar-refractivity contribution in [2.75, 3.05) is 32.1 Å². The van der Waals surface area contributed by atoms with E-state index in [1.54, 1.807) is 30.1 Å². The Balaban J connectivity index is 1.53. The number of hydrogen-bond donors (Lipinski definition) is 2. The number of ether oxygens (including phenoxy) is 1. The lowest BCUT2D eigenvalue weighted by Crippen LogP contribution is -2.48. The standard InChI is InChI=1S/C33H36Cl2N4O4/c1-20-16-39(21(2)18-40)32(41)31-29(24-12-7-8-15-27(24)38(31)4)23-11-6-5-10-22(23)19-43-28(20)17-37(3)33(42)36-26-14-9-13-25(34)30(26)35/h5-15,20-21,28,40H,16-19H2,1-4H3,(H,36,42)/t20-,21+,28+/m0/s1. The Morgan fingerprint density at radius 3 is 2.60 bits per heavy atom. The smallest absolute Gasteiger partial charge is 0.321 e. The number of benzene rings is 3. The highest BCUT2D eigenvalue weighted by atomic mass is 35.5. The Labute approximate surface area is 261 Å². The molecule has 0 fully saturated rings. The Hall–Kier alpha value is -3.56. The van der Waals surface area contributed by atoms with Crippen LogP contribution in [0.25, 0.3) is 22.0 Å². The van der Waals surface area contributed by atoms with Crippen LogP contribution in [0.4, 0.5) is 10.5 Å². The molecule has 3 amide bonds. The summed E-state index contributed by atoms with van der Waals surface area (Å²) in [5.41, 5.74) is 4.62. The zero-order valence-corrected chi connectivity index (χ0v) is 26.2. The van der Waals surface area contributed by atoms with Gasteiger partial charge in [-0.3, -0.25) is 4.79 Å². The van der Waals surface area contributed by atoms with Gasteiger partial charge in [0.1, 0.15) is 5.69 Å². The third-order valence-electron chi connectivity index (χ3n) is 8.22. The fourth-order valence-electron chi connectivity index (χ4n) is 5.69. The topological polar surface area (TPSA) is 87.0 Å². The molecule has 0 spiro atoms. The summed E-state index contributed by atoms with van der Waals surface area (Å²) in [5.74, 6) is -0.356. The first-order valence-electron chi connectivity index (χ1n) is 14.3. The van der Waals surface area contributed by atoms with Gasteiger partial charge >= 0.3 is 6.03 Å². The van der Waals surface area contributed by atoms with E-state index in [0.717, 1.165) is 27.6 Å². The molecule has 226 valence electrons. The first kappa shape index (κ1) is 30.9. The molecule has 5 rings (SSSR count). The van der Waals surface area contributed by atoms with E-state index < -0.39 is 12.1 Å². The molecule has 3 aromatic carbocycles. The predicted octanol–water partition coefficient (Wildman–Crippen LogP) is 6.67. The van der Waals surface area contributed by atoms with Gasteiger partial charge in [-0.15, -0.1) is 0 Å². The Morgan fingerprint density at radius 1 is 1.12 bits per heavy atom. The van der Waals surface area contributed by atoms with E-state index in [-0.39, 0.29) is 42.6 Å². The average molecular weight is 624 g/mol. The zero-order chi connectivity index (χ0) is 30.8. The summed E-state index contributed by atoms with van der Waals surface area (Å²) in [6.45, 7) is 4.50. The Morgan fingerprint density at radius 2 is 1.84 bits per heavy atom. The van der Waals surface area contributed by atoms with Crippen molar-refractivity contribution in [1.82, 2.24) is 14.4 Å². The van der Waals surface area contributed by atoms with Crippen LogP contribution in [0.3, 0.4) is 0 Å². The van der Waals surface area contributed by atoms with Gasteiger partial charge in [0.25, 0.3) is 5.91 Å². The number of carbonyl (C=O) groups excluding carboxylic acids is 2. The Kier molecular flexibility index (Phi) is 9.32. The number of anilines is 1. The first-order valence-corrected chi connectivity index (χ1v) is 15.0. The maximum Gasteiger partial charge on any atom is 0.321 e. The van der Waals surface area contributed by atoms with Gasteiger partial charge in [0.2, 0.25) is 0 Å². The van der Waals surface area contributed by atoms with Gasteiger partial charge in [-0.1, -0.05) is 78.7 Å². The van der Waals surface area contributed by atoms with E-state index in [0.29, 0.717) is 22.9 Å². The highest BCUT2D eigenvalue weighted by Gasteiger charge is 2.34. The zero-order valence-electron chi connectivity index (χ0n) is 24.7. The van der Waals surface area contributed by atoms with Gasteiger partial charge in [-0.25, -0.2) is 4.79 Å². The van der Waals surface area contributed by atoms with Crippen molar-refractivity contribution < 1.29 is 19.4 Å². The van der Waals surface area contributed by atoms with Crippen molar-refractivity contribution in [3.63, 3.8) is 0 Å². The van der Waals surface area contributed by atoms with Crippen molar-refractivity contribution in [2.24, 2.45) is 13.0 Å². The second-order valence-corrected chi connectivity index (χ2v) is 12.0. The van der Waals surface area contributed by atoms with Gasteiger partial charge in [-0.2, -0.15) is 0 Å². The lowest BCUT2D eigenvalue weighted by Gasteiger charge is -2.35. The third kappa shape index (κ3) is 6.10. The minimum absolute atomic E-state index is 0.167. The number of aryl methyl sites for hydroxylation is 1. The number of carbonyl (C=O) groups is 2. The second-order valence-electron chi connectivity index (χ2n) is 11.2. The van der Waals surface area contributed by atoms with E-state index in [9.17, 15) is 14.7 Å². The molecule has 1 aliphatic rings. The minimum atomic E-state index is -0.441. The predicted molar refractivity (Wildman–Crippen MR) is 172 cm³/mol. The van der Waals surface area contributed by atoms with Crippen molar-refractivity contribution in [3.05, 3.63) is 88.0 Å². The summed E-state index contributed by atoms with van der Waals surface area (Å²) in [4.78, 5) is 30.9. The van der Waals surface area contributed by atoms with Crippen LogP contribution >= 0.6 is 23.2 Å². The molecule has 1 aliphatic heterocycles. The van der Waals surface area contributed by atoms with Crippen LogP contribution in [0, 0.1) is 5.92 Å². The van der Waals surface area contributed by atoms with E-state index in [4.69, 9.17) is 27.9 Å². The number of aromatic nitrogens is 1. The molecule has 2 N–H and O–H groups in total. The molecule has 2 heterocycles. The lowest BCUT2D eigenvalue weighted by atomic mass is 9.96. The van der Waals surface area contributed by atoms with Crippen molar-refractivity contribution in [1.29, 1.82) is 0 Å². The minimum Gasteiger partial charge on any atom is -0.394 e. The number of urea groups is 1. The highest BCUT2D eigenvalue weighted by Crippen LogP contribution is 2.38. The summed E-state index contributed by atoms with van der Waals surface area (Å²) >= 11 is 12.4. The second kappa shape index (κ2) is 13.0. The molecular weight excluding hydrogens is 587 g/mol. The molecule has 1 aromatic heterocycles. The average Bonchev–Trinajstić information content (AvgIpc) is 3.30. The molecule has 8 nitrogen and oxygen atoms in total. The van der Waals surface area contributed by atoms with E-state index in [1.807, 2.05) is 74.0 Å². The third-order valence-corrected chi connectivity index (χ3v) is 9.04. The van der Waals surface area contributed by atoms with Gasteiger partial charge in [0.05, 0.1) is 41.1 Å². The van der Waals surface area contributed by atoms with E-state index in [1.165, 1.54) is 4.90 Å². The fourth-order valence-corrected chi connectivity index (χ4v) is 6.04. The maximum atomic E-state index is 14.5. The molecule has 0 saturated heterocycles. The van der Waals surface area contributed by atoms with Crippen molar-refractivity contribution in [2.45, 2.75) is 32.6 Å². The lowest BCUT2D eigenvalue weighted by molar-refractivity contribution is -0.0179. The number of nitrogens with one attached hydrogen (secondary N) is 1. The molecule has 4 aromatic rings. The molecule has 43 heavy (non-hydrogen) atoms. The highest BCUT2D eigenvalue weighted by molar-refractivity contribution is 6.44. The van der Waals surface area contributed by atoms with E-state index in [2.05, 4.69) is 5.32 Å². The summed E-state index contributed by atoms with van der Waals surface area (Å²) in [5, 5.41) is 14.6. The molecule has 0 unspecified atom stereocenters. The number of amides is 3. The summed E-state index contributed by atoms with van der Waals surface area (Å²) in [6, 6.07) is 20.2. The summed E-state index contributed by atoms with van der Waals surface area (Å²) in [6.07, 6.45) is -0.433. The van der Waals surface area contributed by atoms with Gasteiger partial charge in [0.15, 0.2) is 0 Å². The molecule has 0 saturated carbocycles. The van der Waals surface area contributed by atoms with Crippen molar-refractivity contribution in [3.8, 4) is 11.1 Å². The fraction of sp³-hybridized carbons (Fsp3) is 0.333. The van der Waals surface area contributed by atoms with Crippen LogP contribution in [0.15, 0.2) is 66.7 Å². The SMILES string of the molecule is C[C@H](CO)N1C[C@H](C)[C@@H](CN(C)C(=O)Nc2cccc(Cl)c2Cl)OCc2ccccc2-c2c(n(C)c3ccccc23)C1=O. The van der Waals surface area contributed by atoms with Gasteiger partial charge in [-0.05, 0) is 36.2 Å². The number of likely N-dealkylation sites (N-methyl/N-ethyl adjacent to an activating group) is 1. The first-order chi connectivity index (χ1) is 20.6. The van der Waals surface area contributed by atoms with Crippen LogP contribution in [-0.2, 0) is 18.4 Å². The molecule has 0 bridgehead atoms. The maximum absolute atomic E-state index is 14.5. The number of para-hydroxylation sites is 1.